The minimum atomic E-state index is 0.530. The Morgan fingerprint density at radius 2 is 1.94 bits per heavy atom. The molecule has 0 radical (unpaired) electrons. The highest BCUT2D eigenvalue weighted by atomic mass is 32.2. The molecule has 1 heterocycles. The molecule has 0 unspecified atom stereocenters. The number of hydrogen-bond donors (Lipinski definition) is 1. The molecule has 1 aromatic carbocycles. The maximum atomic E-state index is 5.63. The molecule has 96 valence electrons. The fourth-order valence-electron chi connectivity index (χ4n) is 1.33. The first-order valence-electron chi connectivity index (χ1n) is 5.62. The lowest BCUT2D eigenvalue weighted by Crippen LogP contribution is -2.14. The summed E-state index contributed by atoms with van der Waals surface area (Å²) in [5, 5.41) is 8.63. The molecular weight excluding hydrogens is 248 g/mol. The van der Waals surface area contributed by atoms with E-state index in [9.17, 15) is 0 Å². The van der Waals surface area contributed by atoms with Crippen molar-refractivity contribution in [1.29, 1.82) is 0 Å². The van der Waals surface area contributed by atoms with Crippen molar-refractivity contribution in [2.75, 3.05) is 32.1 Å². The van der Waals surface area contributed by atoms with Gasteiger partial charge in [-0.05, 0) is 38.4 Å². The van der Waals surface area contributed by atoms with Gasteiger partial charge in [0, 0.05) is 23.5 Å². The van der Waals surface area contributed by atoms with Crippen molar-refractivity contribution in [2.24, 2.45) is 0 Å². The summed E-state index contributed by atoms with van der Waals surface area (Å²) in [5.41, 5.74) is 7.24. The predicted octanol–water partition coefficient (Wildman–Crippen LogP) is 1.97. The molecule has 0 saturated carbocycles. The molecule has 5 nitrogen and oxygen atoms in total. The summed E-state index contributed by atoms with van der Waals surface area (Å²) in [7, 11) is 4.07. The highest BCUT2D eigenvalue weighted by molar-refractivity contribution is 7.99. The topological polar surface area (TPSA) is 68.2 Å². The molecule has 0 amide bonds. The number of nitrogen functional groups attached to an aromatic ring is 1. The van der Waals surface area contributed by atoms with E-state index in [1.807, 2.05) is 38.4 Å². The Morgan fingerprint density at radius 1 is 1.22 bits per heavy atom. The van der Waals surface area contributed by atoms with E-state index in [1.165, 1.54) is 0 Å². The summed E-state index contributed by atoms with van der Waals surface area (Å²) in [4.78, 5) is 2.12. The lowest BCUT2D eigenvalue weighted by Gasteiger charge is -2.06. The van der Waals surface area contributed by atoms with Crippen molar-refractivity contribution in [3.8, 4) is 11.5 Å². The smallest absolute Gasteiger partial charge is 0.276 e. The molecule has 0 spiro atoms. The average molecular weight is 264 g/mol. The lowest BCUT2D eigenvalue weighted by molar-refractivity contribution is 0.434. The maximum Gasteiger partial charge on any atom is 0.276 e. The van der Waals surface area contributed by atoms with Gasteiger partial charge in [0.05, 0.1) is 0 Å². The summed E-state index contributed by atoms with van der Waals surface area (Å²) in [6.45, 7) is 0.976. The van der Waals surface area contributed by atoms with E-state index in [1.54, 1.807) is 11.8 Å². The fourth-order valence-corrected chi connectivity index (χ4v) is 2.19. The van der Waals surface area contributed by atoms with Crippen LogP contribution in [0.25, 0.3) is 11.5 Å². The van der Waals surface area contributed by atoms with E-state index in [-0.39, 0.29) is 0 Å². The standard InChI is InChI=1S/C12H16N4OS/c1-16(2)7-8-18-12-15-14-11(17-12)9-3-5-10(13)6-4-9/h3-6H,7-8,13H2,1-2H3. The van der Waals surface area contributed by atoms with E-state index in [2.05, 4.69) is 15.1 Å². The average Bonchev–Trinajstić information content (AvgIpc) is 2.78. The van der Waals surface area contributed by atoms with Gasteiger partial charge in [-0.25, -0.2) is 0 Å². The molecule has 0 fully saturated rings. The van der Waals surface area contributed by atoms with Crippen molar-refractivity contribution >= 4 is 17.4 Å². The van der Waals surface area contributed by atoms with Crippen LogP contribution in [0.3, 0.4) is 0 Å². The van der Waals surface area contributed by atoms with Crippen molar-refractivity contribution in [1.82, 2.24) is 15.1 Å². The lowest BCUT2D eigenvalue weighted by atomic mass is 10.2. The second-order valence-corrected chi connectivity index (χ2v) is 5.19. The first-order valence-corrected chi connectivity index (χ1v) is 6.60. The van der Waals surface area contributed by atoms with Gasteiger partial charge in [-0.3, -0.25) is 0 Å². The van der Waals surface area contributed by atoms with Crippen molar-refractivity contribution < 1.29 is 4.42 Å². The molecule has 0 bridgehead atoms. The molecular formula is C12H16N4OS. The summed E-state index contributed by atoms with van der Waals surface area (Å²) in [6.07, 6.45) is 0. The minimum Gasteiger partial charge on any atom is -0.411 e. The number of hydrogen-bond acceptors (Lipinski definition) is 6. The highest BCUT2D eigenvalue weighted by Gasteiger charge is 2.08. The molecule has 18 heavy (non-hydrogen) atoms. The van der Waals surface area contributed by atoms with Crippen LogP contribution in [0.5, 0.6) is 0 Å². The van der Waals surface area contributed by atoms with Gasteiger partial charge < -0.3 is 15.1 Å². The largest absolute Gasteiger partial charge is 0.411 e. The fraction of sp³-hybridized carbons (Fsp3) is 0.333. The normalized spacial score (nSPS) is 11.1. The summed E-state index contributed by atoms with van der Waals surface area (Å²) in [5.74, 6) is 1.46. The second kappa shape index (κ2) is 5.88. The van der Waals surface area contributed by atoms with Crippen LogP contribution >= 0.6 is 11.8 Å². The van der Waals surface area contributed by atoms with E-state index >= 15 is 0 Å². The van der Waals surface area contributed by atoms with Gasteiger partial charge in [0.2, 0.25) is 5.89 Å². The van der Waals surface area contributed by atoms with Gasteiger partial charge in [0.1, 0.15) is 0 Å². The van der Waals surface area contributed by atoms with Crippen molar-refractivity contribution in [3.63, 3.8) is 0 Å². The number of nitrogens with two attached hydrogens (primary N) is 1. The maximum absolute atomic E-state index is 5.63. The number of benzene rings is 1. The van der Waals surface area contributed by atoms with Gasteiger partial charge in [-0.2, -0.15) is 0 Å². The number of aromatic nitrogens is 2. The van der Waals surface area contributed by atoms with Crippen LogP contribution in [0.4, 0.5) is 5.69 Å². The number of anilines is 1. The molecule has 2 rings (SSSR count). The van der Waals surface area contributed by atoms with Gasteiger partial charge in [-0.15, -0.1) is 10.2 Å². The van der Waals surface area contributed by atoms with Crippen LogP contribution < -0.4 is 5.73 Å². The molecule has 0 aliphatic rings. The first kappa shape index (κ1) is 12.9. The van der Waals surface area contributed by atoms with Crippen LogP contribution in [0, 0.1) is 0 Å². The van der Waals surface area contributed by atoms with Crippen LogP contribution in [-0.2, 0) is 0 Å². The van der Waals surface area contributed by atoms with E-state index in [0.717, 1.165) is 23.5 Å². The summed E-state index contributed by atoms with van der Waals surface area (Å²) in [6, 6.07) is 7.38. The van der Waals surface area contributed by atoms with Gasteiger partial charge in [-0.1, -0.05) is 11.8 Å². The minimum absolute atomic E-state index is 0.530. The van der Waals surface area contributed by atoms with E-state index in [0.29, 0.717) is 11.1 Å². The third kappa shape index (κ3) is 3.48. The van der Waals surface area contributed by atoms with Gasteiger partial charge >= 0.3 is 0 Å². The van der Waals surface area contributed by atoms with Crippen molar-refractivity contribution in [2.45, 2.75) is 5.22 Å². The Labute approximate surface area is 110 Å². The van der Waals surface area contributed by atoms with Crippen LogP contribution in [0.15, 0.2) is 33.9 Å². The van der Waals surface area contributed by atoms with Crippen LogP contribution in [0.2, 0.25) is 0 Å². The Morgan fingerprint density at radius 3 is 2.61 bits per heavy atom. The third-order valence-corrected chi connectivity index (χ3v) is 3.13. The highest BCUT2D eigenvalue weighted by Crippen LogP contribution is 2.23. The van der Waals surface area contributed by atoms with Crippen LogP contribution in [0.1, 0.15) is 0 Å². The number of thioether (sulfide) groups is 1. The second-order valence-electron chi connectivity index (χ2n) is 4.15. The molecule has 6 heteroatoms. The summed E-state index contributed by atoms with van der Waals surface area (Å²) < 4.78 is 5.57. The molecule has 1 aromatic heterocycles. The first-order chi connectivity index (χ1) is 8.65. The van der Waals surface area contributed by atoms with E-state index < -0.39 is 0 Å². The third-order valence-electron chi connectivity index (χ3n) is 2.33. The molecule has 0 saturated heterocycles. The monoisotopic (exact) mass is 264 g/mol. The Bertz CT molecular complexity index is 495. The van der Waals surface area contributed by atoms with E-state index in [4.69, 9.17) is 10.2 Å². The SMILES string of the molecule is CN(C)CCSc1nnc(-c2ccc(N)cc2)o1. The Kier molecular flexibility index (Phi) is 4.22. The Balaban J connectivity index is 1.99. The summed E-state index contributed by atoms with van der Waals surface area (Å²) >= 11 is 1.56. The Hall–Kier alpha value is -1.53. The quantitative estimate of drug-likeness (QED) is 0.658. The predicted molar refractivity (Wildman–Crippen MR) is 73.4 cm³/mol. The van der Waals surface area contributed by atoms with Crippen LogP contribution in [-0.4, -0.2) is 41.5 Å². The molecule has 0 aliphatic heterocycles. The van der Waals surface area contributed by atoms with Crippen molar-refractivity contribution in [3.05, 3.63) is 24.3 Å². The molecule has 2 N–H and O–H groups in total. The van der Waals surface area contributed by atoms with Gasteiger partial charge in [0.25, 0.3) is 5.22 Å². The number of rotatable bonds is 5. The molecule has 0 aliphatic carbocycles. The molecule has 0 atom stereocenters. The molecule has 2 aromatic rings. The number of nitrogens with zero attached hydrogens (tertiary/aromatic N) is 3. The van der Waals surface area contributed by atoms with Gasteiger partial charge in [0.15, 0.2) is 0 Å². The zero-order chi connectivity index (χ0) is 13.0. The zero-order valence-electron chi connectivity index (χ0n) is 10.5. The zero-order valence-corrected chi connectivity index (χ0v) is 11.3.